The van der Waals surface area contributed by atoms with E-state index >= 15 is 0 Å². The molecule has 0 unspecified atom stereocenters. The molecule has 0 radical (unpaired) electrons. The first-order valence-electron chi connectivity index (χ1n) is 8.03. The SMILES string of the molecule is CCCCN(/C=C(/C#N)C(=O)Nc1cccc(Cl)c1)CCCC. The molecule has 1 amide bonds. The van der Waals surface area contributed by atoms with Crippen LogP contribution in [0.3, 0.4) is 0 Å². The van der Waals surface area contributed by atoms with Gasteiger partial charge in [-0.2, -0.15) is 5.26 Å². The lowest BCUT2D eigenvalue weighted by atomic mass is 10.2. The Hall–Kier alpha value is -1.99. The predicted molar refractivity (Wildman–Crippen MR) is 95.2 cm³/mol. The van der Waals surface area contributed by atoms with Crippen LogP contribution >= 0.6 is 11.6 Å². The van der Waals surface area contributed by atoms with E-state index in [4.69, 9.17) is 11.6 Å². The molecule has 1 aromatic carbocycles. The van der Waals surface area contributed by atoms with Crippen LogP contribution in [0.2, 0.25) is 5.02 Å². The molecule has 0 spiro atoms. The number of amides is 1. The Balaban J connectivity index is 2.81. The summed E-state index contributed by atoms with van der Waals surface area (Å²) in [7, 11) is 0. The van der Waals surface area contributed by atoms with Crippen LogP contribution in [0.25, 0.3) is 0 Å². The Kier molecular flexibility index (Phi) is 8.86. The first-order valence-corrected chi connectivity index (χ1v) is 8.41. The van der Waals surface area contributed by atoms with Crippen molar-refractivity contribution in [3.8, 4) is 6.07 Å². The van der Waals surface area contributed by atoms with Gasteiger partial charge in [-0.15, -0.1) is 0 Å². The zero-order valence-corrected chi connectivity index (χ0v) is 14.6. The minimum absolute atomic E-state index is 0.109. The highest BCUT2D eigenvalue weighted by molar-refractivity contribution is 6.31. The summed E-state index contributed by atoms with van der Waals surface area (Å²) >= 11 is 5.90. The quantitative estimate of drug-likeness (QED) is 0.531. The molecule has 5 heteroatoms. The fourth-order valence-electron chi connectivity index (χ4n) is 2.05. The van der Waals surface area contributed by atoms with Crippen molar-refractivity contribution >= 4 is 23.2 Å². The van der Waals surface area contributed by atoms with Crippen molar-refractivity contribution in [1.29, 1.82) is 5.26 Å². The molecule has 0 saturated carbocycles. The minimum atomic E-state index is -0.409. The lowest BCUT2D eigenvalue weighted by Gasteiger charge is -2.20. The predicted octanol–water partition coefficient (Wildman–Crippen LogP) is 4.59. The summed E-state index contributed by atoms with van der Waals surface area (Å²) in [6, 6.07) is 8.87. The first-order chi connectivity index (χ1) is 11.1. The number of carbonyl (C=O) groups is 1. The summed E-state index contributed by atoms with van der Waals surface area (Å²) in [4.78, 5) is 14.3. The maximum Gasteiger partial charge on any atom is 0.267 e. The molecule has 0 aliphatic carbocycles. The lowest BCUT2D eigenvalue weighted by molar-refractivity contribution is -0.112. The molecule has 1 N–H and O–H groups in total. The van der Waals surface area contributed by atoms with Crippen molar-refractivity contribution in [1.82, 2.24) is 4.90 Å². The van der Waals surface area contributed by atoms with Crippen LogP contribution in [0.15, 0.2) is 36.0 Å². The van der Waals surface area contributed by atoms with E-state index in [1.807, 2.05) is 6.07 Å². The number of hydrogen-bond acceptors (Lipinski definition) is 3. The molecule has 124 valence electrons. The van der Waals surface area contributed by atoms with Gasteiger partial charge in [0.15, 0.2) is 0 Å². The van der Waals surface area contributed by atoms with Crippen molar-refractivity contribution in [2.75, 3.05) is 18.4 Å². The van der Waals surface area contributed by atoms with Crippen LogP contribution in [0.5, 0.6) is 0 Å². The van der Waals surface area contributed by atoms with E-state index in [1.54, 1.807) is 30.5 Å². The maximum absolute atomic E-state index is 12.3. The number of nitriles is 1. The molecule has 0 bridgehead atoms. The fourth-order valence-corrected chi connectivity index (χ4v) is 2.24. The highest BCUT2D eigenvalue weighted by atomic mass is 35.5. The zero-order chi connectivity index (χ0) is 17.1. The van der Waals surface area contributed by atoms with Gasteiger partial charge < -0.3 is 10.2 Å². The van der Waals surface area contributed by atoms with Crippen molar-refractivity contribution in [2.24, 2.45) is 0 Å². The summed E-state index contributed by atoms with van der Waals surface area (Å²) in [5.74, 6) is -0.409. The molecule has 0 saturated heterocycles. The number of unbranched alkanes of at least 4 members (excludes halogenated alkanes) is 2. The molecular formula is C18H24ClN3O. The van der Waals surface area contributed by atoms with Gasteiger partial charge in [0, 0.05) is 30.0 Å². The number of nitrogens with one attached hydrogen (secondary N) is 1. The number of halogens is 1. The van der Waals surface area contributed by atoms with Crippen molar-refractivity contribution in [3.05, 3.63) is 41.1 Å². The number of hydrogen-bond donors (Lipinski definition) is 1. The number of benzene rings is 1. The van der Waals surface area contributed by atoms with Gasteiger partial charge in [-0.25, -0.2) is 0 Å². The number of nitrogens with zero attached hydrogens (tertiary/aromatic N) is 2. The Labute approximate surface area is 143 Å². The maximum atomic E-state index is 12.3. The van der Waals surface area contributed by atoms with E-state index in [9.17, 15) is 10.1 Å². The van der Waals surface area contributed by atoms with E-state index in [2.05, 4.69) is 24.1 Å². The summed E-state index contributed by atoms with van der Waals surface area (Å²) in [5, 5.41) is 12.5. The summed E-state index contributed by atoms with van der Waals surface area (Å²) in [6.07, 6.45) is 5.90. The average Bonchev–Trinajstić information content (AvgIpc) is 2.54. The van der Waals surface area contributed by atoms with Crippen LogP contribution in [0.4, 0.5) is 5.69 Å². The molecule has 0 atom stereocenters. The molecule has 1 aromatic rings. The summed E-state index contributed by atoms with van der Waals surface area (Å²) < 4.78 is 0. The van der Waals surface area contributed by atoms with Gasteiger partial charge in [-0.05, 0) is 31.0 Å². The fraction of sp³-hybridized carbons (Fsp3) is 0.444. The van der Waals surface area contributed by atoms with E-state index < -0.39 is 5.91 Å². The van der Waals surface area contributed by atoms with Crippen LogP contribution in [-0.2, 0) is 4.79 Å². The molecule has 0 fully saturated rings. The second kappa shape index (κ2) is 10.7. The van der Waals surface area contributed by atoms with Crippen LogP contribution < -0.4 is 5.32 Å². The standard InChI is InChI=1S/C18H24ClN3O/c1-3-5-10-22(11-6-4-2)14-15(13-20)18(23)21-17-9-7-8-16(19)12-17/h7-9,12,14H,3-6,10-11H2,1-2H3,(H,21,23)/b15-14-. The largest absolute Gasteiger partial charge is 0.376 e. The van der Waals surface area contributed by atoms with Crippen LogP contribution in [0.1, 0.15) is 39.5 Å². The van der Waals surface area contributed by atoms with Crippen molar-refractivity contribution < 1.29 is 4.79 Å². The van der Waals surface area contributed by atoms with E-state index in [-0.39, 0.29) is 5.57 Å². The van der Waals surface area contributed by atoms with Gasteiger partial charge in [-0.3, -0.25) is 4.79 Å². The molecule has 0 aliphatic rings. The smallest absolute Gasteiger partial charge is 0.267 e. The van der Waals surface area contributed by atoms with Gasteiger partial charge in [0.2, 0.25) is 0 Å². The second-order valence-corrected chi connectivity index (χ2v) is 5.80. The minimum Gasteiger partial charge on any atom is -0.376 e. The van der Waals surface area contributed by atoms with Crippen LogP contribution in [-0.4, -0.2) is 23.9 Å². The van der Waals surface area contributed by atoms with Gasteiger partial charge in [0.25, 0.3) is 5.91 Å². The Morgan fingerprint density at radius 3 is 2.48 bits per heavy atom. The number of carbonyl (C=O) groups excluding carboxylic acids is 1. The van der Waals surface area contributed by atoms with Crippen molar-refractivity contribution in [2.45, 2.75) is 39.5 Å². The monoisotopic (exact) mass is 333 g/mol. The third kappa shape index (κ3) is 7.21. The van der Waals surface area contributed by atoms with Crippen molar-refractivity contribution in [3.63, 3.8) is 0 Å². The highest BCUT2D eigenvalue weighted by Crippen LogP contribution is 2.15. The zero-order valence-electron chi connectivity index (χ0n) is 13.8. The Morgan fingerprint density at radius 1 is 1.30 bits per heavy atom. The van der Waals surface area contributed by atoms with Gasteiger partial charge in [-0.1, -0.05) is 44.4 Å². The molecule has 1 rings (SSSR count). The summed E-state index contributed by atoms with van der Waals surface area (Å²) in [6.45, 7) is 5.95. The number of anilines is 1. The van der Waals surface area contributed by atoms with Gasteiger partial charge >= 0.3 is 0 Å². The van der Waals surface area contributed by atoms with Gasteiger partial charge in [0.05, 0.1) is 0 Å². The third-order valence-electron chi connectivity index (χ3n) is 3.36. The topological polar surface area (TPSA) is 56.1 Å². The van der Waals surface area contributed by atoms with E-state index in [0.717, 1.165) is 38.8 Å². The first kappa shape index (κ1) is 19.1. The highest BCUT2D eigenvalue weighted by Gasteiger charge is 2.11. The summed E-state index contributed by atoms with van der Waals surface area (Å²) in [5.41, 5.74) is 0.689. The molecule has 0 aromatic heterocycles. The third-order valence-corrected chi connectivity index (χ3v) is 3.59. The average molecular weight is 334 g/mol. The molecule has 4 nitrogen and oxygen atoms in total. The Bertz CT molecular complexity index is 570. The van der Waals surface area contributed by atoms with Crippen LogP contribution in [0, 0.1) is 11.3 Å². The van der Waals surface area contributed by atoms with E-state index in [1.165, 1.54) is 0 Å². The van der Waals surface area contributed by atoms with E-state index in [0.29, 0.717) is 10.7 Å². The molecule has 23 heavy (non-hydrogen) atoms. The number of rotatable bonds is 9. The van der Waals surface area contributed by atoms with Gasteiger partial charge in [0.1, 0.15) is 11.6 Å². The normalized spacial score (nSPS) is 11.0. The molecule has 0 heterocycles. The molecule has 0 aliphatic heterocycles. The Morgan fingerprint density at radius 2 is 1.96 bits per heavy atom. The molecular weight excluding hydrogens is 310 g/mol. The second-order valence-electron chi connectivity index (χ2n) is 5.36. The lowest BCUT2D eigenvalue weighted by Crippen LogP contribution is -2.23.